The monoisotopic (exact) mass is 318 g/mol. The molecule has 3 rings (SSSR count). The molecule has 0 amide bonds. The second-order valence-corrected chi connectivity index (χ2v) is 5.50. The Labute approximate surface area is 140 Å². The lowest BCUT2D eigenvalue weighted by Gasteiger charge is -2.14. The van der Waals surface area contributed by atoms with E-state index in [2.05, 4.69) is 6.07 Å². The van der Waals surface area contributed by atoms with Crippen molar-refractivity contribution in [2.45, 2.75) is 19.9 Å². The standard InChI is InChI=1S/C20H18N2O2/c1-3-24-20(23)18(13-21)22-14(2)19(15-9-5-4-6-10-15)16-11-7-8-12-17(16)22/h4-12,18H,3H2,1-2H3. The number of rotatable bonds is 4. The molecule has 0 N–H and O–H groups in total. The van der Waals surface area contributed by atoms with Crippen LogP contribution in [-0.4, -0.2) is 17.1 Å². The summed E-state index contributed by atoms with van der Waals surface area (Å²) in [5.74, 6) is -0.525. The third-order valence-electron chi connectivity index (χ3n) is 4.11. The van der Waals surface area contributed by atoms with Crippen LogP contribution in [0.5, 0.6) is 0 Å². The Morgan fingerprint density at radius 2 is 1.83 bits per heavy atom. The number of nitriles is 1. The molecule has 1 aromatic heterocycles. The van der Waals surface area contributed by atoms with E-state index in [-0.39, 0.29) is 6.61 Å². The molecule has 120 valence electrons. The average Bonchev–Trinajstić information content (AvgIpc) is 2.89. The van der Waals surface area contributed by atoms with E-state index in [0.717, 1.165) is 27.7 Å². The van der Waals surface area contributed by atoms with E-state index in [4.69, 9.17) is 4.74 Å². The predicted octanol–water partition coefficient (Wildman–Crippen LogP) is 4.24. The smallest absolute Gasteiger partial charge is 0.344 e. The lowest BCUT2D eigenvalue weighted by atomic mass is 10.0. The zero-order valence-corrected chi connectivity index (χ0v) is 13.7. The number of hydrogen-bond donors (Lipinski definition) is 0. The maximum atomic E-state index is 12.3. The van der Waals surface area contributed by atoms with E-state index in [1.807, 2.05) is 61.5 Å². The zero-order chi connectivity index (χ0) is 17.1. The van der Waals surface area contributed by atoms with Crippen LogP contribution in [0, 0.1) is 18.3 Å². The molecule has 0 radical (unpaired) electrons. The van der Waals surface area contributed by atoms with E-state index < -0.39 is 12.0 Å². The third-order valence-corrected chi connectivity index (χ3v) is 4.11. The van der Waals surface area contributed by atoms with Gasteiger partial charge in [-0.15, -0.1) is 0 Å². The van der Waals surface area contributed by atoms with Crippen molar-refractivity contribution < 1.29 is 9.53 Å². The summed E-state index contributed by atoms with van der Waals surface area (Å²) < 4.78 is 6.86. The SMILES string of the molecule is CCOC(=O)C(C#N)n1c(C)c(-c2ccccc2)c2ccccc21. The Bertz CT molecular complexity index is 920. The molecule has 0 fully saturated rings. The molecule has 4 heteroatoms. The molecule has 0 bridgehead atoms. The molecule has 0 saturated heterocycles. The first-order chi connectivity index (χ1) is 11.7. The average molecular weight is 318 g/mol. The number of para-hydroxylation sites is 1. The molecule has 0 aliphatic carbocycles. The second kappa shape index (κ2) is 6.59. The number of fused-ring (bicyclic) bond motifs is 1. The topological polar surface area (TPSA) is 55.0 Å². The van der Waals surface area contributed by atoms with Crippen LogP contribution in [0.15, 0.2) is 54.6 Å². The van der Waals surface area contributed by atoms with Gasteiger partial charge in [0, 0.05) is 16.6 Å². The molecule has 0 spiro atoms. The Morgan fingerprint density at radius 1 is 1.17 bits per heavy atom. The quantitative estimate of drug-likeness (QED) is 0.676. The molecular weight excluding hydrogens is 300 g/mol. The number of aromatic nitrogens is 1. The summed E-state index contributed by atoms with van der Waals surface area (Å²) >= 11 is 0. The molecule has 1 heterocycles. The zero-order valence-electron chi connectivity index (χ0n) is 13.7. The van der Waals surface area contributed by atoms with Crippen molar-refractivity contribution in [3.8, 4) is 17.2 Å². The van der Waals surface area contributed by atoms with Crippen LogP contribution in [0.3, 0.4) is 0 Å². The molecule has 0 aliphatic heterocycles. The number of benzene rings is 2. The van der Waals surface area contributed by atoms with Crippen molar-refractivity contribution in [3.63, 3.8) is 0 Å². The van der Waals surface area contributed by atoms with Crippen molar-refractivity contribution >= 4 is 16.9 Å². The Kier molecular flexibility index (Phi) is 4.35. The minimum atomic E-state index is -0.993. The Hall–Kier alpha value is -3.06. The number of hydrogen-bond acceptors (Lipinski definition) is 3. The van der Waals surface area contributed by atoms with E-state index in [1.54, 1.807) is 11.5 Å². The van der Waals surface area contributed by atoms with Crippen molar-refractivity contribution in [1.29, 1.82) is 5.26 Å². The van der Waals surface area contributed by atoms with Gasteiger partial charge in [0.15, 0.2) is 0 Å². The molecule has 0 aliphatic rings. The van der Waals surface area contributed by atoms with Gasteiger partial charge in [0.05, 0.1) is 12.1 Å². The van der Waals surface area contributed by atoms with Crippen molar-refractivity contribution in [2.24, 2.45) is 0 Å². The minimum absolute atomic E-state index is 0.251. The molecule has 1 atom stereocenters. The van der Waals surface area contributed by atoms with Gasteiger partial charge in [-0.1, -0.05) is 48.5 Å². The number of nitrogens with zero attached hydrogens (tertiary/aromatic N) is 2. The first kappa shape index (κ1) is 15.8. The lowest BCUT2D eigenvalue weighted by Crippen LogP contribution is -2.21. The van der Waals surface area contributed by atoms with Gasteiger partial charge in [-0.25, -0.2) is 4.79 Å². The van der Waals surface area contributed by atoms with Crippen LogP contribution in [0.25, 0.3) is 22.0 Å². The van der Waals surface area contributed by atoms with Gasteiger partial charge in [-0.2, -0.15) is 5.26 Å². The fourth-order valence-corrected chi connectivity index (χ4v) is 3.13. The van der Waals surface area contributed by atoms with Crippen molar-refractivity contribution in [1.82, 2.24) is 4.57 Å². The van der Waals surface area contributed by atoms with Gasteiger partial charge in [-0.3, -0.25) is 0 Å². The first-order valence-electron chi connectivity index (χ1n) is 7.90. The van der Waals surface area contributed by atoms with Crippen LogP contribution in [0.2, 0.25) is 0 Å². The van der Waals surface area contributed by atoms with Gasteiger partial charge in [0.2, 0.25) is 6.04 Å². The predicted molar refractivity (Wildman–Crippen MR) is 93.4 cm³/mol. The number of esters is 1. The second-order valence-electron chi connectivity index (χ2n) is 5.50. The van der Waals surface area contributed by atoms with Gasteiger partial charge in [0.25, 0.3) is 0 Å². The Morgan fingerprint density at radius 3 is 2.50 bits per heavy atom. The maximum absolute atomic E-state index is 12.3. The fourth-order valence-electron chi connectivity index (χ4n) is 3.13. The largest absolute Gasteiger partial charge is 0.464 e. The summed E-state index contributed by atoms with van der Waals surface area (Å²) in [5, 5.41) is 10.6. The van der Waals surface area contributed by atoms with Crippen LogP contribution in [0.1, 0.15) is 18.7 Å². The molecule has 0 saturated carbocycles. The van der Waals surface area contributed by atoms with Crippen molar-refractivity contribution in [2.75, 3.05) is 6.61 Å². The molecule has 24 heavy (non-hydrogen) atoms. The molecule has 4 nitrogen and oxygen atoms in total. The van der Waals surface area contributed by atoms with Crippen LogP contribution < -0.4 is 0 Å². The lowest BCUT2D eigenvalue weighted by molar-refractivity contribution is -0.145. The van der Waals surface area contributed by atoms with Crippen LogP contribution in [0.4, 0.5) is 0 Å². The summed E-state index contributed by atoms with van der Waals surface area (Å²) in [5.41, 5.74) is 3.83. The summed E-state index contributed by atoms with van der Waals surface area (Å²) in [7, 11) is 0. The molecule has 3 aromatic rings. The van der Waals surface area contributed by atoms with Gasteiger partial charge >= 0.3 is 5.97 Å². The number of carbonyl (C=O) groups is 1. The van der Waals surface area contributed by atoms with Gasteiger partial charge in [-0.05, 0) is 25.5 Å². The highest BCUT2D eigenvalue weighted by Crippen LogP contribution is 2.36. The minimum Gasteiger partial charge on any atom is -0.464 e. The summed E-state index contributed by atoms with van der Waals surface area (Å²) in [6.45, 7) is 3.93. The molecule has 1 unspecified atom stereocenters. The highest BCUT2D eigenvalue weighted by atomic mass is 16.5. The maximum Gasteiger partial charge on any atom is 0.344 e. The van der Waals surface area contributed by atoms with E-state index in [9.17, 15) is 10.1 Å². The van der Waals surface area contributed by atoms with Gasteiger partial charge in [0.1, 0.15) is 6.07 Å². The highest BCUT2D eigenvalue weighted by Gasteiger charge is 2.27. The molecular formula is C20H18N2O2. The highest BCUT2D eigenvalue weighted by molar-refractivity contribution is 5.99. The third kappa shape index (κ3) is 2.55. The van der Waals surface area contributed by atoms with Crippen molar-refractivity contribution in [3.05, 3.63) is 60.3 Å². The number of ether oxygens (including phenoxy) is 1. The van der Waals surface area contributed by atoms with E-state index >= 15 is 0 Å². The summed E-state index contributed by atoms with van der Waals surface area (Å²) in [4.78, 5) is 12.3. The summed E-state index contributed by atoms with van der Waals surface area (Å²) in [6.07, 6.45) is 0. The fraction of sp³-hybridized carbons (Fsp3) is 0.200. The van der Waals surface area contributed by atoms with Crippen LogP contribution >= 0.6 is 0 Å². The van der Waals surface area contributed by atoms with Gasteiger partial charge < -0.3 is 9.30 Å². The Balaban J connectivity index is 2.29. The number of carbonyl (C=O) groups excluding carboxylic acids is 1. The summed E-state index contributed by atoms with van der Waals surface area (Å²) in [6, 6.07) is 18.9. The normalized spacial score (nSPS) is 11.9. The van der Waals surface area contributed by atoms with Crippen LogP contribution in [-0.2, 0) is 9.53 Å². The molecule has 2 aromatic carbocycles. The first-order valence-corrected chi connectivity index (χ1v) is 7.90. The van der Waals surface area contributed by atoms with E-state index in [1.165, 1.54) is 0 Å². The van der Waals surface area contributed by atoms with E-state index in [0.29, 0.717) is 0 Å².